The van der Waals surface area contributed by atoms with Crippen molar-refractivity contribution >= 4 is 22.5 Å². The number of aromatic nitrogens is 3. The van der Waals surface area contributed by atoms with Gasteiger partial charge in [-0.2, -0.15) is 0 Å². The van der Waals surface area contributed by atoms with Gasteiger partial charge in [0.2, 0.25) is 0 Å². The molecule has 6 heteroatoms. The smallest absolute Gasteiger partial charge is 0.270 e. The van der Waals surface area contributed by atoms with Crippen LogP contribution in [0.3, 0.4) is 0 Å². The van der Waals surface area contributed by atoms with Crippen molar-refractivity contribution in [1.82, 2.24) is 24.2 Å². The Morgan fingerprint density at radius 1 is 1.18 bits per heavy atom. The van der Waals surface area contributed by atoms with Crippen LogP contribution in [-0.2, 0) is 7.05 Å². The van der Waals surface area contributed by atoms with Crippen molar-refractivity contribution in [3.63, 3.8) is 0 Å². The highest BCUT2D eigenvalue weighted by molar-refractivity contribution is 5.94. The molecule has 0 aliphatic carbocycles. The van der Waals surface area contributed by atoms with Crippen LogP contribution in [0.4, 0.5) is 0 Å². The Bertz CT molecular complexity index is 1150. The maximum atomic E-state index is 13.0. The number of benzene rings is 1. The molecule has 144 valence electrons. The van der Waals surface area contributed by atoms with Gasteiger partial charge in [-0.15, -0.1) is 0 Å². The average molecular weight is 375 g/mol. The standard InChI is InChI=1S/C22H25N5O/c1-15-21(27-12-8-7-11-20(27)24-15)22(28)23-13-19(25(2)3)17-14-26(4)18-10-6-5-9-16(17)18/h5-12,14,19H,13H2,1-4H3,(H,23,28). The first kappa shape index (κ1) is 18.3. The van der Waals surface area contributed by atoms with Crippen molar-refractivity contribution in [2.24, 2.45) is 7.05 Å². The molecule has 6 nitrogen and oxygen atoms in total. The number of hydrogen-bond acceptors (Lipinski definition) is 3. The van der Waals surface area contributed by atoms with Gasteiger partial charge in [0.25, 0.3) is 5.91 Å². The molecule has 0 spiro atoms. The van der Waals surface area contributed by atoms with Gasteiger partial charge in [0.15, 0.2) is 0 Å². The van der Waals surface area contributed by atoms with Gasteiger partial charge in [-0.3, -0.25) is 9.20 Å². The number of likely N-dealkylation sites (N-methyl/N-ethyl adjacent to an activating group) is 1. The van der Waals surface area contributed by atoms with Crippen LogP contribution in [-0.4, -0.2) is 45.4 Å². The molecule has 4 rings (SSSR count). The molecule has 4 aromatic rings. The van der Waals surface area contributed by atoms with E-state index in [9.17, 15) is 4.79 Å². The van der Waals surface area contributed by atoms with Crippen molar-refractivity contribution < 1.29 is 4.79 Å². The molecular formula is C22H25N5O. The topological polar surface area (TPSA) is 54.6 Å². The van der Waals surface area contributed by atoms with E-state index in [1.165, 1.54) is 16.5 Å². The summed E-state index contributed by atoms with van der Waals surface area (Å²) in [4.78, 5) is 19.6. The van der Waals surface area contributed by atoms with Crippen LogP contribution in [0.5, 0.6) is 0 Å². The summed E-state index contributed by atoms with van der Waals surface area (Å²) < 4.78 is 3.98. The van der Waals surface area contributed by atoms with E-state index in [1.807, 2.05) is 55.9 Å². The predicted octanol–water partition coefficient (Wildman–Crippen LogP) is 3.17. The summed E-state index contributed by atoms with van der Waals surface area (Å²) >= 11 is 0. The Kier molecular flexibility index (Phi) is 4.65. The lowest BCUT2D eigenvalue weighted by Gasteiger charge is -2.24. The van der Waals surface area contributed by atoms with E-state index < -0.39 is 0 Å². The molecule has 1 aromatic carbocycles. The van der Waals surface area contributed by atoms with Crippen molar-refractivity contribution in [3.05, 3.63) is 71.8 Å². The second-order valence-electron chi connectivity index (χ2n) is 7.38. The van der Waals surface area contributed by atoms with Gasteiger partial charge in [0.1, 0.15) is 11.3 Å². The number of fused-ring (bicyclic) bond motifs is 2. The van der Waals surface area contributed by atoms with Crippen LogP contribution >= 0.6 is 0 Å². The van der Waals surface area contributed by atoms with Gasteiger partial charge >= 0.3 is 0 Å². The minimum absolute atomic E-state index is 0.0644. The number of pyridine rings is 1. The fourth-order valence-corrected chi connectivity index (χ4v) is 3.87. The Labute approximate surface area is 164 Å². The highest BCUT2D eigenvalue weighted by atomic mass is 16.2. The summed E-state index contributed by atoms with van der Waals surface area (Å²) in [5.41, 5.74) is 4.50. The quantitative estimate of drug-likeness (QED) is 0.583. The summed E-state index contributed by atoms with van der Waals surface area (Å²) in [6, 6.07) is 14.2. The number of nitrogens with zero attached hydrogens (tertiary/aromatic N) is 4. The normalized spacial score (nSPS) is 12.8. The van der Waals surface area contributed by atoms with Crippen LogP contribution in [0.15, 0.2) is 54.9 Å². The number of amides is 1. The van der Waals surface area contributed by atoms with Crippen molar-refractivity contribution in [2.75, 3.05) is 20.6 Å². The molecule has 0 aliphatic rings. The number of nitrogens with one attached hydrogen (secondary N) is 1. The number of aryl methyl sites for hydroxylation is 2. The molecule has 3 aromatic heterocycles. The first-order valence-corrected chi connectivity index (χ1v) is 9.39. The zero-order valence-electron chi connectivity index (χ0n) is 16.7. The second kappa shape index (κ2) is 7.13. The van der Waals surface area contributed by atoms with E-state index in [1.54, 1.807) is 0 Å². The third-order valence-electron chi connectivity index (χ3n) is 5.29. The molecule has 1 amide bonds. The Morgan fingerprint density at radius 2 is 1.93 bits per heavy atom. The van der Waals surface area contributed by atoms with Gasteiger partial charge in [0.05, 0.1) is 11.7 Å². The van der Waals surface area contributed by atoms with Crippen LogP contribution in [0.1, 0.15) is 27.8 Å². The maximum Gasteiger partial charge on any atom is 0.270 e. The first-order chi connectivity index (χ1) is 13.5. The molecule has 0 aliphatic heterocycles. The molecule has 1 unspecified atom stereocenters. The van der Waals surface area contributed by atoms with E-state index in [0.29, 0.717) is 12.2 Å². The number of carbonyl (C=O) groups is 1. The van der Waals surface area contributed by atoms with Gasteiger partial charge in [-0.05, 0) is 44.8 Å². The van der Waals surface area contributed by atoms with Gasteiger partial charge < -0.3 is 14.8 Å². The van der Waals surface area contributed by atoms with Crippen LogP contribution in [0.2, 0.25) is 0 Å². The number of para-hydroxylation sites is 1. The molecule has 0 saturated heterocycles. The molecule has 28 heavy (non-hydrogen) atoms. The molecule has 0 fully saturated rings. The molecule has 0 saturated carbocycles. The lowest BCUT2D eigenvalue weighted by atomic mass is 10.0. The molecule has 3 heterocycles. The molecule has 0 radical (unpaired) electrons. The summed E-state index contributed by atoms with van der Waals surface area (Å²) in [6.45, 7) is 2.38. The minimum atomic E-state index is -0.108. The fourth-order valence-electron chi connectivity index (χ4n) is 3.87. The third-order valence-corrected chi connectivity index (χ3v) is 5.29. The fraction of sp³-hybridized carbons (Fsp3) is 0.273. The van der Waals surface area contributed by atoms with Gasteiger partial charge in [0, 0.05) is 36.9 Å². The highest BCUT2D eigenvalue weighted by Gasteiger charge is 2.22. The Balaban J connectivity index is 1.62. The van der Waals surface area contributed by atoms with Crippen LogP contribution in [0, 0.1) is 6.92 Å². The number of carbonyl (C=O) groups excluding carboxylic acids is 1. The number of rotatable bonds is 5. The lowest BCUT2D eigenvalue weighted by Crippen LogP contribution is -2.35. The number of imidazole rings is 1. The maximum absolute atomic E-state index is 13.0. The highest BCUT2D eigenvalue weighted by Crippen LogP contribution is 2.28. The van der Waals surface area contributed by atoms with Gasteiger partial charge in [-0.1, -0.05) is 24.3 Å². The van der Waals surface area contributed by atoms with Crippen molar-refractivity contribution in [1.29, 1.82) is 0 Å². The van der Waals surface area contributed by atoms with Gasteiger partial charge in [-0.25, -0.2) is 4.98 Å². The Morgan fingerprint density at radius 3 is 2.71 bits per heavy atom. The third kappa shape index (κ3) is 3.05. The second-order valence-corrected chi connectivity index (χ2v) is 7.38. The van der Waals surface area contributed by atoms with Crippen molar-refractivity contribution in [2.45, 2.75) is 13.0 Å². The van der Waals surface area contributed by atoms with Crippen LogP contribution in [0.25, 0.3) is 16.6 Å². The molecular weight excluding hydrogens is 350 g/mol. The zero-order valence-corrected chi connectivity index (χ0v) is 16.7. The summed E-state index contributed by atoms with van der Waals surface area (Å²) in [6.07, 6.45) is 4.03. The van der Waals surface area contributed by atoms with E-state index in [4.69, 9.17) is 0 Å². The van der Waals surface area contributed by atoms with Crippen molar-refractivity contribution in [3.8, 4) is 0 Å². The SMILES string of the molecule is Cc1nc2ccccn2c1C(=O)NCC(c1cn(C)c2ccccc12)N(C)C. The van der Waals surface area contributed by atoms with E-state index in [0.717, 1.165) is 11.3 Å². The monoisotopic (exact) mass is 375 g/mol. The zero-order chi connectivity index (χ0) is 19.8. The Hall–Kier alpha value is -3.12. The molecule has 1 N–H and O–H groups in total. The number of hydrogen-bond donors (Lipinski definition) is 1. The lowest BCUT2D eigenvalue weighted by molar-refractivity contribution is 0.0935. The predicted molar refractivity (Wildman–Crippen MR) is 112 cm³/mol. The minimum Gasteiger partial charge on any atom is -0.350 e. The largest absolute Gasteiger partial charge is 0.350 e. The van der Waals surface area contributed by atoms with Crippen LogP contribution < -0.4 is 5.32 Å². The van der Waals surface area contributed by atoms with E-state index in [-0.39, 0.29) is 11.9 Å². The first-order valence-electron chi connectivity index (χ1n) is 9.39. The summed E-state index contributed by atoms with van der Waals surface area (Å²) in [5.74, 6) is -0.108. The molecule has 1 atom stereocenters. The molecule has 0 bridgehead atoms. The van der Waals surface area contributed by atoms with E-state index in [2.05, 4.69) is 51.2 Å². The van der Waals surface area contributed by atoms with E-state index >= 15 is 0 Å². The summed E-state index contributed by atoms with van der Waals surface area (Å²) in [5, 5.41) is 4.33. The summed E-state index contributed by atoms with van der Waals surface area (Å²) in [7, 11) is 6.13. The average Bonchev–Trinajstić information content (AvgIpc) is 3.18.